The van der Waals surface area contributed by atoms with Crippen molar-refractivity contribution in [3.05, 3.63) is 27.7 Å². The van der Waals surface area contributed by atoms with Crippen LogP contribution in [-0.2, 0) is 22.6 Å². The highest BCUT2D eigenvalue weighted by Crippen LogP contribution is 2.32. The van der Waals surface area contributed by atoms with Crippen molar-refractivity contribution >= 4 is 27.7 Å². The van der Waals surface area contributed by atoms with Gasteiger partial charge in [0.1, 0.15) is 11.8 Å². The Kier molecular flexibility index (Phi) is 3.65. The maximum Gasteiger partial charge on any atom is 0.242 e. The van der Waals surface area contributed by atoms with Crippen molar-refractivity contribution in [2.24, 2.45) is 0 Å². The van der Waals surface area contributed by atoms with Crippen LogP contribution in [0.3, 0.4) is 0 Å². The summed E-state index contributed by atoms with van der Waals surface area (Å²) in [4.78, 5) is 23.1. The molecule has 2 aliphatic heterocycles. The van der Waals surface area contributed by atoms with E-state index in [9.17, 15) is 9.59 Å². The Balaban J connectivity index is 1.67. The Morgan fingerprint density at radius 3 is 3.05 bits per heavy atom. The molecule has 3 rings (SSSR count). The second-order valence-electron chi connectivity index (χ2n) is 5.03. The average Bonchev–Trinajstić information content (AvgIpc) is 3.03. The Bertz CT molecular complexity index is 574. The number of fused-ring (bicyclic) bond motifs is 1. The number of nitrogens with one attached hydrogen (secondary N) is 2. The lowest BCUT2D eigenvalue weighted by atomic mass is 10.1. The monoisotopic (exact) mass is 338 g/mol. The van der Waals surface area contributed by atoms with Crippen molar-refractivity contribution in [3.8, 4) is 5.75 Å². The van der Waals surface area contributed by atoms with Crippen LogP contribution in [0, 0.1) is 0 Å². The first kappa shape index (κ1) is 13.4. The molecular weight excluding hydrogens is 324 g/mol. The van der Waals surface area contributed by atoms with Crippen molar-refractivity contribution < 1.29 is 14.3 Å². The summed E-state index contributed by atoms with van der Waals surface area (Å²) >= 11 is 3.47. The molecule has 0 unspecified atom stereocenters. The van der Waals surface area contributed by atoms with Crippen LogP contribution in [0.25, 0.3) is 0 Å². The Hall–Kier alpha value is -1.56. The van der Waals surface area contributed by atoms with Crippen molar-refractivity contribution in [3.63, 3.8) is 0 Å². The highest BCUT2D eigenvalue weighted by Gasteiger charge is 2.27. The zero-order chi connectivity index (χ0) is 14.1. The molecule has 2 aliphatic rings. The first-order valence-electron chi connectivity index (χ1n) is 6.64. The third kappa shape index (κ3) is 2.65. The van der Waals surface area contributed by atoms with Gasteiger partial charge in [-0.3, -0.25) is 9.59 Å². The standard InChI is InChI=1S/C14H15BrN2O3/c15-10-5-8-3-4-20-13(8)9(6-10)7-16-14(19)11-1-2-12(18)17-11/h5-6,11H,1-4,7H2,(H,16,19)(H,17,18)/t11-/m1/s1. The minimum absolute atomic E-state index is 0.0585. The highest BCUT2D eigenvalue weighted by molar-refractivity contribution is 9.10. The number of benzene rings is 1. The van der Waals surface area contributed by atoms with Crippen molar-refractivity contribution in [1.29, 1.82) is 0 Å². The molecule has 1 fully saturated rings. The lowest BCUT2D eigenvalue weighted by molar-refractivity contribution is -0.125. The number of hydrogen-bond donors (Lipinski definition) is 2. The van der Waals surface area contributed by atoms with E-state index in [0.717, 1.165) is 27.8 Å². The van der Waals surface area contributed by atoms with E-state index < -0.39 is 6.04 Å². The smallest absolute Gasteiger partial charge is 0.242 e. The molecule has 106 valence electrons. The summed E-state index contributed by atoms with van der Waals surface area (Å²) < 4.78 is 6.60. The van der Waals surface area contributed by atoms with Gasteiger partial charge in [-0.2, -0.15) is 0 Å². The Morgan fingerprint density at radius 1 is 1.45 bits per heavy atom. The largest absolute Gasteiger partial charge is 0.493 e. The molecule has 1 aromatic carbocycles. The quantitative estimate of drug-likeness (QED) is 0.872. The van der Waals surface area contributed by atoms with E-state index in [1.54, 1.807) is 0 Å². The van der Waals surface area contributed by atoms with Crippen LogP contribution in [0.15, 0.2) is 16.6 Å². The predicted octanol–water partition coefficient (Wildman–Crippen LogP) is 1.28. The molecule has 2 N–H and O–H groups in total. The van der Waals surface area contributed by atoms with Gasteiger partial charge < -0.3 is 15.4 Å². The van der Waals surface area contributed by atoms with Gasteiger partial charge in [0.2, 0.25) is 11.8 Å². The van der Waals surface area contributed by atoms with Gasteiger partial charge in [-0.1, -0.05) is 15.9 Å². The van der Waals surface area contributed by atoms with E-state index in [-0.39, 0.29) is 11.8 Å². The van der Waals surface area contributed by atoms with Crippen LogP contribution < -0.4 is 15.4 Å². The molecule has 0 aliphatic carbocycles. The van der Waals surface area contributed by atoms with Crippen LogP contribution in [0.2, 0.25) is 0 Å². The van der Waals surface area contributed by atoms with E-state index in [1.165, 1.54) is 0 Å². The van der Waals surface area contributed by atoms with Crippen LogP contribution in [0.4, 0.5) is 0 Å². The molecule has 0 radical (unpaired) electrons. The van der Waals surface area contributed by atoms with E-state index >= 15 is 0 Å². The van der Waals surface area contributed by atoms with Crippen molar-refractivity contribution in [1.82, 2.24) is 10.6 Å². The lowest BCUT2D eigenvalue weighted by Crippen LogP contribution is -2.41. The van der Waals surface area contributed by atoms with Gasteiger partial charge in [0.15, 0.2) is 0 Å². The van der Waals surface area contributed by atoms with Crippen LogP contribution in [0.5, 0.6) is 5.75 Å². The second-order valence-corrected chi connectivity index (χ2v) is 5.94. The normalized spacial score (nSPS) is 20.2. The molecular formula is C14H15BrN2O3. The molecule has 20 heavy (non-hydrogen) atoms. The summed E-state index contributed by atoms with van der Waals surface area (Å²) in [6, 6.07) is 3.60. The van der Waals surface area contributed by atoms with Gasteiger partial charge in [0.05, 0.1) is 6.61 Å². The van der Waals surface area contributed by atoms with Crippen molar-refractivity contribution in [2.45, 2.75) is 31.8 Å². The Labute approximate surface area is 125 Å². The first-order valence-corrected chi connectivity index (χ1v) is 7.44. The van der Waals surface area contributed by atoms with Gasteiger partial charge in [-0.05, 0) is 24.1 Å². The fourth-order valence-electron chi connectivity index (χ4n) is 2.59. The van der Waals surface area contributed by atoms with Gasteiger partial charge in [-0.15, -0.1) is 0 Å². The molecule has 0 aromatic heterocycles. The number of ether oxygens (including phenoxy) is 1. The van der Waals surface area contributed by atoms with E-state index in [0.29, 0.717) is 26.0 Å². The summed E-state index contributed by atoms with van der Waals surface area (Å²) in [7, 11) is 0. The Morgan fingerprint density at radius 2 is 2.30 bits per heavy atom. The zero-order valence-corrected chi connectivity index (χ0v) is 12.5. The number of carbonyl (C=O) groups is 2. The van der Waals surface area contributed by atoms with Crippen LogP contribution in [-0.4, -0.2) is 24.5 Å². The van der Waals surface area contributed by atoms with E-state index in [1.807, 2.05) is 12.1 Å². The predicted molar refractivity (Wildman–Crippen MR) is 76.4 cm³/mol. The number of halogens is 1. The fourth-order valence-corrected chi connectivity index (χ4v) is 3.15. The minimum Gasteiger partial charge on any atom is -0.493 e. The zero-order valence-electron chi connectivity index (χ0n) is 10.9. The highest BCUT2D eigenvalue weighted by atomic mass is 79.9. The number of rotatable bonds is 3. The molecule has 1 aromatic rings. The summed E-state index contributed by atoms with van der Waals surface area (Å²) in [5.74, 6) is 0.684. The number of amides is 2. The number of carbonyl (C=O) groups excluding carboxylic acids is 2. The molecule has 1 atom stereocenters. The maximum absolute atomic E-state index is 12.0. The summed E-state index contributed by atoms with van der Waals surface area (Å²) in [5, 5.41) is 5.53. The van der Waals surface area contributed by atoms with Crippen molar-refractivity contribution in [2.75, 3.05) is 6.61 Å². The average molecular weight is 339 g/mol. The van der Waals surface area contributed by atoms with Gasteiger partial charge in [-0.25, -0.2) is 0 Å². The number of hydrogen-bond acceptors (Lipinski definition) is 3. The molecule has 6 heteroatoms. The minimum atomic E-state index is -0.399. The summed E-state index contributed by atoms with van der Waals surface area (Å²) in [5.41, 5.74) is 2.13. The lowest BCUT2D eigenvalue weighted by Gasteiger charge is -2.13. The van der Waals surface area contributed by atoms with Gasteiger partial charge >= 0.3 is 0 Å². The molecule has 0 saturated carbocycles. The van der Waals surface area contributed by atoms with Crippen LogP contribution >= 0.6 is 15.9 Å². The molecule has 0 bridgehead atoms. The maximum atomic E-state index is 12.0. The topological polar surface area (TPSA) is 67.4 Å². The second kappa shape index (κ2) is 5.44. The SMILES string of the molecule is O=C1CC[C@H](C(=O)NCc2cc(Br)cc3c2OCC3)N1. The molecule has 0 spiro atoms. The summed E-state index contributed by atoms with van der Waals surface area (Å²) in [6.45, 7) is 1.10. The first-order chi connectivity index (χ1) is 9.63. The fraction of sp³-hybridized carbons (Fsp3) is 0.429. The van der Waals surface area contributed by atoms with Crippen LogP contribution in [0.1, 0.15) is 24.0 Å². The molecule has 2 heterocycles. The molecule has 5 nitrogen and oxygen atoms in total. The third-order valence-electron chi connectivity index (χ3n) is 3.59. The molecule has 2 amide bonds. The third-order valence-corrected chi connectivity index (χ3v) is 4.05. The van der Waals surface area contributed by atoms with E-state index in [2.05, 4.69) is 26.6 Å². The molecule has 1 saturated heterocycles. The summed E-state index contributed by atoms with van der Waals surface area (Å²) in [6.07, 6.45) is 1.89. The van der Waals surface area contributed by atoms with Gasteiger partial charge in [0, 0.05) is 29.4 Å². The van der Waals surface area contributed by atoms with Gasteiger partial charge in [0.25, 0.3) is 0 Å². The van der Waals surface area contributed by atoms with E-state index in [4.69, 9.17) is 4.74 Å².